The van der Waals surface area contributed by atoms with Crippen LogP contribution in [0, 0.1) is 6.92 Å². The van der Waals surface area contributed by atoms with Gasteiger partial charge >= 0.3 is 5.76 Å². The first kappa shape index (κ1) is 18.2. The fraction of sp³-hybridized carbons (Fsp3) is 0.400. The highest BCUT2D eigenvalue weighted by Crippen LogP contribution is 2.16. The number of amides is 1. The van der Waals surface area contributed by atoms with E-state index in [2.05, 4.69) is 20.2 Å². The molecule has 1 aliphatic rings. The summed E-state index contributed by atoms with van der Waals surface area (Å²) in [5, 5.41) is 3.08. The number of oxazole rings is 1. The molecule has 1 saturated heterocycles. The lowest BCUT2D eigenvalue weighted by atomic mass is 10.1. The average molecular weight is 381 g/mol. The van der Waals surface area contributed by atoms with Gasteiger partial charge in [0.15, 0.2) is 5.58 Å². The van der Waals surface area contributed by atoms with E-state index in [1.165, 1.54) is 4.57 Å². The molecule has 1 N–H and O–H groups in total. The minimum atomic E-state index is -0.432. The summed E-state index contributed by atoms with van der Waals surface area (Å²) in [5.74, 6) is 0.182. The monoisotopic (exact) mass is 381 g/mol. The minimum absolute atomic E-state index is 0.0464. The lowest BCUT2D eigenvalue weighted by Crippen LogP contribution is -2.48. The van der Waals surface area contributed by atoms with Crippen LogP contribution < -0.4 is 16.0 Å². The fourth-order valence-electron chi connectivity index (χ4n) is 3.63. The van der Waals surface area contributed by atoms with E-state index < -0.39 is 5.76 Å². The van der Waals surface area contributed by atoms with Crippen LogP contribution in [-0.4, -0.2) is 39.6 Å². The molecule has 1 aliphatic heterocycles. The van der Waals surface area contributed by atoms with Crippen LogP contribution in [0.2, 0.25) is 0 Å². The van der Waals surface area contributed by atoms with Gasteiger partial charge in [0.25, 0.3) is 0 Å². The van der Waals surface area contributed by atoms with Gasteiger partial charge in [-0.05, 0) is 43.5 Å². The molecule has 0 radical (unpaired) electrons. The van der Waals surface area contributed by atoms with Crippen molar-refractivity contribution in [2.45, 2.75) is 38.8 Å². The highest BCUT2D eigenvalue weighted by atomic mass is 16.4. The van der Waals surface area contributed by atoms with Crippen molar-refractivity contribution in [2.75, 3.05) is 18.0 Å². The predicted molar refractivity (Wildman–Crippen MR) is 105 cm³/mol. The van der Waals surface area contributed by atoms with Gasteiger partial charge in [0.05, 0.1) is 5.52 Å². The maximum Gasteiger partial charge on any atom is 0.419 e. The van der Waals surface area contributed by atoms with Crippen LogP contribution in [-0.2, 0) is 11.3 Å². The largest absolute Gasteiger partial charge is 0.419 e. The third kappa shape index (κ3) is 3.90. The van der Waals surface area contributed by atoms with Gasteiger partial charge in [-0.1, -0.05) is 6.07 Å². The third-order valence-electron chi connectivity index (χ3n) is 5.01. The number of benzene rings is 1. The number of aryl methyl sites for hydroxylation is 2. The zero-order valence-electron chi connectivity index (χ0n) is 15.8. The molecule has 3 heterocycles. The predicted octanol–water partition coefficient (Wildman–Crippen LogP) is 1.87. The third-order valence-corrected chi connectivity index (χ3v) is 5.01. The molecule has 3 aromatic rings. The average Bonchev–Trinajstić information content (AvgIpc) is 3.01. The highest BCUT2D eigenvalue weighted by Gasteiger charge is 2.23. The molecule has 4 rings (SSSR count). The number of hydrogen-bond donors (Lipinski definition) is 1. The van der Waals surface area contributed by atoms with Crippen LogP contribution in [0.15, 0.2) is 45.9 Å². The van der Waals surface area contributed by atoms with Gasteiger partial charge in [-0.3, -0.25) is 9.36 Å². The molecule has 8 heteroatoms. The highest BCUT2D eigenvalue weighted by molar-refractivity contribution is 5.77. The number of nitrogens with zero attached hydrogens (tertiary/aromatic N) is 4. The van der Waals surface area contributed by atoms with Crippen LogP contribution in [0.25, 0.3) is 11.1 Å². The quantitative estimate of drug-likeness (QED) is 0.725. The Bertz CT molecular complexity index is 1030. The number of hydrogen-bond acceptors (Lipinski definition) is 6. The molecule has 28 heavy (non-hydrogen) atoms. The Morgan fingerprint density at radius 1 is 1.32 bits per heavy atom. The van der Waals surface area contributed by atoms with E-state index >= 15 is 0 Å². The summed E-state index contributed by atoms with van der Waals surface area (Å²) in [7, 11) is 0. The fourth-order valence-corrected chi connectivity index (χ4v) is 3.63. The topological polar surface area (TPSA) is 93.3 Å². The number of carbonyl (C=O) groups is 1. The molecule has 1 aromatic carbocycles. The van der Waals surface area contributed by atoms with Gasteiger partial charge in [0.2, 0.25) is 11.9 Å². The van der Waals surface area contributed by atoms with Gasteiger partial charge < -0.3 is 14.6 Å². The molecule has 0 aliphatic carbocycles. The number of nitrogens with one attached hydrogen (secondary N) is 1. The summed E-state index contributed by atoms with van der Waals surface area (Å²) in [5.41, 5.74) is 2.31. The standard InChI is InChI=1S/C20H23N5O3/c1-14-5-6-17-16(12-14)25(20(27)28-17)11-7-18(26)23-15-4-2-10-24(13-15)19-21-8-3-9-22-19/h3,5-6,8-9,12,15H,2,4,7,10-11,13H2,1H3,(H,23,26). The molecule has 2 aromatic heterocycles. The number of fused-ring (bicyclic) bond motifs is 1. The summed E-state index contributed by atoms with van der Waals surface area (Å²) in [6.45, 7) is 3.81. The number of piperidine rings is 1. The van der Waals surface area contributed by atoms with Crippen molar-refractivity contribution in [3.63, 3.8) is 0 Å². The summed E-state index contributed by atoms with van der Waals surface area (Å²) < 4.78 is 6.78. The molecular weight excluding hydrogens is 358 g/mol. The van der Waals surface area contributed by atoms with Gasteiger partial charge in [-0.2, -0.15) is 0 Å². The number of anilines is 1. The second-order valence-electron chi connectivity index (χ2n) is 7.14. The maximum absolute atomic E-state index is 12.5. The second kappa shape index (κ2) is 7.84. The Hall–Kier alpha value is -3.16. The Labute approximate surface area is 162 Å². The Morgan fingerprint density at radius 3 is 2.96 bits per heavy atom. The molecule has 1 atom stereocenters. The van der Waals surface area contributed by atoms with Gasteiger partial charge in [0.1, 0.15) is 0 Å². The molecule has 8 nitrogen and oxygen atoms in total. The summed E-state index contributed by atoms with van der Waals surface area (Å²) in [6.07, 6.45) is 5.55. The minimum Gasteiger partial charge on any atom is -0.408 e. The van der Waals surface area contributed by atoms with Crippen LogP contribution in [0.4, 0.5) is 5.95 Å². The lowest BCUT2D eigenvalue weighted by Gasteiger charge is -2.33. The Kier molecular flexibility index (Phi) is 5.10. The number of rotatable bonds is 5. The van der Waals surface area contributed by atoms with Crippen molar-refractivity contribution in [1.29, 1.82) is 0 Å². The first-order valence-corrected chi connectivity index (χ1v) is 9.51. The smallest absolute Gasteiger partial charge is 0.408 e. The van der Waals surface area contributed by atoms with Crippen LogP contribution in [0.3, 0.4) is 0 Å². The Balaban J connectivity index is 1.37. The molecule has 0 saturated carbocycles. The normalized spacial score (nSPS) is 17.0. The first-order chi connectivity index (χ1) is 13.6. The number of carbonyl (C=O) groups excluding carboxylic acids is 1. The van der Waals surface area contributed by atoms with Crippen LogP contribution >= 0.6 is 0 Å². The lowest BCUT2D eigenvalue weighted by molar-refractivity contribution is -0.122. The zero-order chi connectivity index (χ0) is 19.5. The van der Waals surface area contributed by atoms with Crippen molar-refractivity contribution in [3.05, 3.63) is 52.8 Å². The maximum atomic E-state index is 12.5. The van der Waals surface area contributed by atoms with E-state index in [1.54, 1.807) is 24.5 Å². The van der Waals surface area contributed by atoms with Crippen molar-refractivity contribution in [1.82, 2.24) is 19.9 Å². The zero-order valence-corrected chi connectivity index (χ0v) is 15.8. The van der Waals surface area contributed by atoms with Gasteiger partial charge in [-0.25, -0.2) is 14.8 Å². The summed E-state index contributed by atoms with van der Waals surface area (Å²) in [6, 6.07) is 7.41. The van der Waals surface area contributed by atoms with E-state index in [9.17, 15) is 9.59 Å². The van der Waals surface area contributed by atoms with Crippen LogP contribution in [0.1, 0.15) is 24.8 Å². The SMILES string of the molecule is Cc1ccc2oc(=O)n(CCC(=O)NC3CCCN(c4ncccn4)C3)c2c1. The first-order valence-electron chi connectivity index (χ1n) is 9.51. The number of aromatic nitrogens is 3. The van der Waals surface area contributed by atoms with E-state index in [-0.39, 0.29) is 18.4 Å². The molecule has 146 valence electrons. The van der Waals surface area contributed by atoms with E-state index in [1.807, 2.05) is 19.1 Å². The van der Waals surface area contributed by atoms with Gasteiger partial charge in [-0.15, -0.1) is 0 Å². The summed E-state index contributed by atoms with van der Waals surface area (Å²) in [4.78, 5) is 35.2. The second-order valence-corrected chi connectivity index (χ2v) is 7.14. The molecule has 1 fully saturated rings. The van der Waals surface area contributed by atoms with Crippen LogP contribution in [0.5, 0.6) is 0 Å². The van der Waals surface area contributed by atoms with E-state index in [0.29, 0.717) is 24.6 Å². The molecule has 0 bridgehead atoms. The van der Waals surface area contributed by atoms with Crippen molar-refractivity contribution in [3.8, 4) is 0 Å². The molecular formula is C20H23N5O3. The molecule has 1 unspecified atom stereocenters. The Morgan fingerprint density at radius 2 is 2.14 bits per heavy atom. The van der Waals surface area contributed by atoms with Crippen molar-refractivity contribution >= 4 is 23.0 Å². The molecule has 1 amide bonds. The van der Waals surface area contributed by atoms with E-state index in [4.69, 9.17) is 4.42 Å². The van der Waals surface area contributed by atoms with Crippen molar-refractivity contribution in [2.24, 2.45) is 0 Å². The molecule has 0 spiro atoms. The summed E-state index contributed by atoms with van der Waals surface area (Å²) >= 11 is 0. The van der Waals surface area contributed by atoms with E-state index in [0.717, 1.165) is 30.5 Å². The van der Waals surface area contributed by atoms with Gasteiger partial charge in [0, 0.05) is 44.5 Å². The van der Waals surface area contributed by atoms with Crippen molar-refractivity contribution < 1.29 is 9.21 Å².